The van der Waals surface area contributed by atoms with Gasteiger partial charge in [-0.3, -0.25) is 4.79 Å². The Labute approximate surface area is 194 Å². The number of hydrogen-bond donors (Lipinski definition) is 1. The Balaban J connectivity index is 2.49. The Bertz CT molecular complexity index is 967. The van der Waals surface area contributed by atoms with E-state index in [-0.39, 0.29) is 35.3 Å². The van der Waals surface area contributed by atoms with E-state index in [1.165, 1.54) is 7.11 Å². The fourth-order valence-electron chi connectivity index (χ4n) is 2.63. The van der Waals surface area contributed by atoms with Crippen LogP contribution in [0.25, 0.3) is 6.08 Å². The maximum atomic E-state index is 12.4. The van der Waals surface area contributed by atoms with Gasteiger partial charge in [-0.15, -0.1) is 0 Å². The van der Waals surface area contributed by atoms with E-state index >= 15 is 0 Å². The Morgan fingerprint density at radius 2 is 2.06 bits per heavy atom. The second-order valence-electron chi connectivity index (χ2n) is 6.25. The van der Waals surface area contributed by atoms with Gasteiger partial charge in [0.1, 0.15) is 23.0 Å². The molecule has 0 saturated heterocycles. The first kappa shape index (κ1) is 24.7. The molecular weight excluding hydrogens is 486 g/mol. The number of aliphatic hydroxyl groups is 1. The van der Waals surface area contributed by atoms with Crippen molar-refractivity contribution in [3.05, 3.63) is 51.1 Å². The first-order chi connectivity index (χ1) is 14.9. The summed E-state index contributed by atoms with van der Waals surface area (Å²) >= 11 is 4.49. The number of carbonyl (C=O) groups excluding carboxylic acids is 2. The summed E-state index contributed by atoms with van der Waals surface area (Å²) < 4.78 is 16.7. The smallest absolute Gasteiger partial charge is 0.344 e. The molecule has 0 unspecified atom stereocenters. The second kappa shape index (κ2) is 11.8. The summed E-state index contributed by atoms with van der Waals surface area (Å²) in [5, 5.41) is 10.8. The average molecular weight is 510 g/mol. The first-order valence-corrected chi connectivity index (χ1v) is 11.2. The van der Waals surface area contributed by atoms with Gasteiger partial charge in [0.15, 0.2) is 11.5 Å². The predicted octanol–water partition coefficient (Wildman–Crippen LogP) is 5.21. The molecule has 0 fully saturated rings. The van der Waals surface area contributed by atoms with E-state index < -0.39 is 5.97 Å². The number of hydrogen-bond acceptors (Lipinski definition) is 7. The number of aliphatic hydroxyl groups excluding tert-OH is 1. The van der Waals surface area contributed by atoms with Gasteiger partial charge in [0, 0.05) is 6.42 Å². The van der Waals surface area contributed by atoms with Crippen LogP contribution in [-0.2, 0) is 14.3 Å². The third-order valence-corrected chi connectivity index (χ3v) is 5.56. The van der Waals surface area contributed by atoms with Crippen molar-refractivity contribution >= 4 is 50.7 Å². The molecule has 0 spiro atoms. The third kappa shape index (κ3) is 6.24. The zero-order valence-electron chi connectivity index (χ0n) is 17.6. The summed E-state index contributed by atoms with van der Waals surface area (Å²) in [7, 11) is 1.52. The minimum atomic E-state index is -0.731. The molecule has 1 aliphatic heterocycles. The highest BCUT2D eigenvalue weighted by molar-refractivity contribution is 9.10. The SMILES string of the molecule is C=CCOc1c(Br)cc(/C=C2\SC(=NC(=O)CCC)C(C(=O)OCC)=C2O)cc1OC. The average Bonchev–Trinajstić information content (AvgIpc) is 3.01. The number of ether oxygens (including phenoxy) is 3. The number of esters is 1. The highest BCUT2D eigenvalue weighted by Gasteiger charge is 2.33. The fourth-order valence-corrected chi connectivity index (χ4v) is 4.24. The minimum absolute atomic E-state index is 0.112. The Kier molecular flexibility index (Phi) is 9.39. The lowest BCUT2D eigenvalue weighted by Gasteiger charge is -2.12. The summed E-state index contributed by atoms with van der Waals surface area (Å²) in [4.78, 5) is 28.8. The molecule has 1 aromatic rings. The number of rotatable bonds is 9. The van der Waals surface area contributed by atoms with Crippen molar-refractivity contribution in [3.8, 4) is 11.5 Å². The Morgan fingerprint density at radius 1 is 1.32 bits per heavy atom. The third-order valence-electron chi connectivity index (χ3n) is 3.96. The van der Waals surface area contributed by atoms with Gasteiger partial charge in [-0.25, -0.2) is 9.79 Å². The van der Waals surface area contributed by atoms with Crippen LogP contribution in [0, 0.1) is 0 Å². The summed E-state index contributed by atoms with van der Waals surface area (Å²) in [5.41, 5.74) is 0.563. The molecule has 1 heterocycles. The highest BCUT2D eigenvalue weighted by atomic mass is 79.9. The molecule has 166 valence electrons. The molecule has 2 rings (SSSR count). The molecule has 0 radical (unpaired) electrons. The normalized spacial score (nSPS) is 16.0. The van der Waals surface area contributed by atoms with Crippen LogP contribution in [0.5, 0.6) is 11.5 Å². The van der Waals surface area contributed by atoms with Crippen LogP contribution in [0.3, 0.4) is 0 Å². The number of aliphatic imine (C=N–C) groups is 1. The van der Waals surface area contributed by atoms with Crippen LogP contribution in [-0.4, -0.2) is 42.4 Å². The van der Waals surface area contributed by atoms with Crippen LogP contribution in [0.15, 0.2) is 50.5 Å². The second-order valence-corrected chi connectivity index (χ2v) is 8.13. The monoisotopic (exact) mass is 509 g/mol. The minimum Gasteiger partial charge on any atom is -0.506 e. The number of amides is 1. The largest absolute Gasteiger partial charge is 0.506 e. The molecular formula is C22H24BrNO6S. The first-order valence-electron chi connectivity index (χ1n) is 9.59. The van der Waals surface area contributed by atoms with E-state index in [1.807, 2.05) is 6.92 Å². The van der Waals surface area contributed by atoms with Crippen molar-refractivity contribution in [2.75, 3.05) is 20.3 Å². The van der Waals surface area contributed by atoms with Crippen molar-refractivity contribution in [1.29, 1.82) is 0 Å². The molecule has 0 saturated carbocycles. The molecule has 7 nitrogen and oxygen atoms in total. The molecule has 1 aromatic carbocycles. The molecule has 0 aromatic heterocycles. The van der Waals surface area contributed by atoms with Gasteiger partial charge in [0.05, 0.1) is 23.1 Å². The topological polar surface area (TPSA) is 94.4 Å². The van der Waals surface area contributed by atoms with E-state index in [2.05, 4.69) is 27.5 Å². The predicted molar refractivity (Wildman–Crippen MR) is 126 cm³/mol. The van der Waals surface area contributed by atoms with Crippen molar-refractivity contribution in [1.82, 2.24) is 0 Å². The van der Waals surface area contributed by atoms with Gasteiger partial charge >= 0.3 is 5.97 Å². The van der Waals surface area contributed by atoms with Crippen molar-refractivity contribution in [2.45, 2.75) is 26.7 Å². The van der Waals surface area contributed by atoms with Crippen molar-refractivity contribution in [3.63, 3.8) is 0 Å². The number of thioether (sulfide) groups is 1. The van der Waals surface area contributed by atoms with Crippen LogP contribution < -0.4 is 9.47 Å². The van der Waals surface area contributed by atoms with Gasteiger partial charge in [-0.1, -0.05) is 31.3 Å². The molecule has 31 heavy (non-hydrogen) atoms. The fraction of sp³-hybridized carbons (Fsp3) is 0.318. The molecule has 1 N–H and O–H groups in total. The molecule has 0 aliphatic carbocycles. The quantitative estimate of drug-likeness (QED) is 0.360. The summed E-state index contributed by atoms with van der Waals surface area (Å²) in [6, 6.07) is 3.51. The summed E-state index contributed by atoms with van der Waals surface area (Å²) in [5.74, 6) is -0.386. The number of halogens is 1. The van der Waals surface area contributed by atoms with Gasteiger partial charge in [0.2, 0.25) is 5.91 Å². The van der Waals surface area contributed by atoms with Crippen LogP contribution >= 0.6 is 27.7 Å². The maximum absolute atomic E-state index is 12.4. The van der Waals surface area contributed by atoms with E-state index in [9.17, 15) is 14.7 Å². The van der Waals surface area contributed by atoms with Gasteiger partial charge in [-0.2, -0.15) is 0 Å². The van der Waals surface area contributed by atoms with E-state index in [0.29, 0.717) is 39.5 Å². The molecule has 0 atom stereocenters. The zero-order chi connectivity index (χ0) is 23.0. The molecule has 0 bridgehead atoms. The van der Waals surface area contributed by atoms with E-state index in [0.717, 1.165) is 11.8 Å². The molecule has 1 aliphatic rings. The Hall–Kier alpha value is -2.52. The van der Waals surface area contributed by atoms with Crippen LogP contribution in [0.2, 0.25) is 0 Å². The number of methoxy groups -OCH3 is 1. The lowest BCUT2D eigenvalue weighted by atomic mass is 10.1. The van der Waals surface area contributed by atoms with Gasteiger partial charge in [-0.05, 0) is 53.0 Å². The van der Waals surface area contributed by atoms with E-state index in [1.54, 1.807) is 31.2 Å². The summed E-state index contributed by atoms with van der Waals surface area (Å²) in [6.45, 7) is 7.59. The molecule has 1 amide bonds. The number of nitrogens with zero attached hydrogens (tertiary/aromatic N) is 1. The molecule has 9 heteroatoms. The van der Waals surface area contributed by atoms with Gasteiger partial charge in [0.25, 0.3) is 0 Å². The summed E-state index contributed by atoms with van der Waals surface area (Å²) in [6.07, 6.45) is 4.16. The van der Waals surface area contributed by atoms with Crippen molar-refractivity contribution in [2.24, 2.45) is 4.99 Å². The Morgan fingerprint density at radius 3 is 2.68 bits per heavy atom. The van der Waals surface area contributed by atoms with E-state index in [4.69, 9.17) is 14.2 Å². The maximum Gasteiger partial charge on any atom is 0.344 e. The lowest BCUT2D eigenvalue weighted by molar-refractivity contribution is -0.138. The number of carbonyl (C=O) groups is 2. The van der Waals surface area contributed by atoms with Gasteiger partial charge < -0.3 is 19.3 Å². The highest BCUT2D eigenvalue weighted by Crippen LogP contribution is 2.42. The number of benzene rings is 1. The van der Waals surface area contributed by atoms with Crippen LogP contribution in [0.4, 0.5) is 0 Å². The van der Waals surface area contributed by atoms with Crippen molar-refractivity contribution < 1.29 is 28.9 Å². The standard InChI is InChI=1S/C22H24BrNO6S/c1-5-8-17(25)24-21-18(22(27)29-7-3)19(26)16(31-21)12-13-10-14(23)20(30-9-6-2)15(11-13)28-4/h6,10-12,26H,2,5,7-9H2,1,3-4H3/b16-12-,24-21?. The zero-order valence-corrected chi connectivity index (χ0v) is 20.0. The van der Waals surface area contributed by atoms with Crippen LogP contribution in [0.1, 0.15) is 32.3 Å². The lowest BCUT2D eigenvalue weighted by Crippen LogP contribution is -2.14.